The Morgan fingerprint density at radius 2 is 2.19 bits per heavy atom. The second-order valence-corrected chi connectivity index (χ2v) is 5.32. The third kappa shape index (κ3) is 3.50. The van der Waals surface area contributed by atoms with Crippen molar-refractivity contribution in [2.24, 2.45) is 5.92 Å². The minimum absolute atomic E-state index is 0.00989. The molecule has 0 aromatic heterocycles. The molecular weight excluding hydrogens is 278 g/mol. The molecular formula is C15H20F2N2O2. The Hall–Kier alpha value is -1.69. The lowest BCUT2D eigenvalue weighted by atomic mass is 9.92. The van der Waals surface area contributed by atoms with Crippen LogP contribution in [0.5, 0.6) is 0 Å². The van der Waals surface area contributed by atoms with Crippen molar-refractivity contribution in [3.05, 3.63) is 29.3 Å². The Kier molecular flexibility index (Phi) is 5.12. The topological polar surface area (TPSA) is 50.4 Å². The summed E-state index contributed by atoms with van der Waals surface area (Å²) in [5, 5.41) is 6.29. The Morgan fingerprint density at radius 1 is 1.43 bits per heavy atom. The van der Waals surface area contributed by atoms with Gasteiger partial charge < -0.3 is 15.4 Å². The number of hydrogen-bond acceptors (Lipinski definition) is 4. The molecule has 1 aliphatic rings. The number of piperidine rings is 1. The van der Waals surface area contributed by atoms with Crippen LogP contribution in [0.3, 0.4) is 0 Å². The van der Waals surface area contributed by atoms with Crippen LogP contribution in [0.2, 0.25) is 0 Å². The molecule has 1 aromatic carbocycles. The van der Waals surface area contributed by atoms with Crippen molar-refractivity contribution in [3.8, 4) is 0 Å². The van der Waals surface area contributed by atoms with Crippen molar-refractivity contribution in [1.29, 1.82) is 0 Å². The van der Waals surface area contributed by atoms with E-state index in [1.54, 1.807) is 0 Å². The first-order valence-corrected chi connectivity index (χ1v) is 7.08. The summed E-state index contributed by atoms with van der Waals surface area (Å²) < 4.78 is 32.3. The van der Waals surface area contributed by atoms with Gasteiger partial charge in [-0.1, -0.05) is 0 Å². The first-order chi connectivity index (χ1) is 10.0. The number of carbonyl (C=O) groups is 1. The predicted octanol–water partition coefficient (Wildman–Crippen LogP) is 2.55. The van der Waals surface area contributed by atoms with Gasteiger partial charge in [-0.2, -0.15) is 0 Å². The van der Waals surface area contributed by atoms with E-state index in [0.29, 0.717) is 5.92 Å². The molecule has 0 saturated carbocycles. The standard InChI is InChI=1S/C15H20F2N2O2/c1-9(10-4-3-7-18-8-10)19-12-6-5-11(15(20)21-2)13(16)14(12)17/h5-6,9-10,18-19H,3-4,7-8H2,1-2H3. The highest BCUT2D eigenvalue weighted by Gasteiger charge is 2.23. The zero-order valence-electron chi connectivity index (χ0n) is 12.2. The van der Waals surface area contributed by atoms with Gasteiger partial charge >= 0.3 is 5.97 Å². The molecule has 0 aliphatic carbocycles. The second kappa shape index (κ2) is 6.85. The molecule has 4 nitrogen and oxygen atoms in total. The molecule has 1 aliphatic heterocycles. The molecule has 6 heteroatoms. The minimum Gasteiger partial charge on any atom is -0.465 e. The van der Waals surface area contributed by atoms with Gasteiger partial charge in [0.05, 0.1) is 18.4 Å². The molecule has 1 heterocycles. The van der Waals surface area contributed by atoms with Crippen LogP contribution in [-0.4, -0.2) is 32.2 Å². The average molecular weight is 298 g/mol. The van der Waals surface area contributed by atoms with Crippen molar-refractivity contribution < 1.29 is 18.3 Å². The molecule has 0 bridgehead atoms. The van der Waals surface area contributed by atoms with E-state index in [1.165, 1.54) is 12.1 Å². The molecule has 2 unspecified atom stereocenters. The van der Waals surface area contributed by atoms with Crippen molar-refractivity contribution in [2.75, 3.05) is 25.5 Å². The number of esters is 1. The quantitative estimate of drug-likeness (QED) is 0.839. The fraction of sp³-hybridized carbons (Fsp3) is 0.533. The summed E-state index contributed by atoms with van der Waals surface area (Å²) in [4.78, 5) is 11.3. The number of nitrogens with one attached hydrogen (secondary N) is 2. The second-order valence-electron chi connectivity index (χ2n) is 5.32. The van der Waals surface area contributed by atoms with Gasteiger partial charge in [-0.15, -0.1) is 0 Å². The highest BCUT2D eigenvalue weighted by atomic mass is 19.2. The maximum absolute atomic E-state index is 14.0. The van der Waals surface area contributed by atoms with Gasteiger partial charge in [-0.25, -0.2) is 13.6 Å². The third-order valence-corrected chi connectivity index (χ3v) is 3.91. The molecule has 1 fully saturated rings. The van der Waals surface area contributed by atoms with Crippen LogP contribution in [-0.2, 0) is 4.74 Å². The number of methoxy groups -OCH3 is 1. The van der Waals surface area contributed by atoms with Gasteiger partial charge in [0.25, 0.3) is 0 Å². The van der Waals surface area contributed by atoms with Crippen LogP contribution >= 0.6 is 0 Å². The number of hydrogen-bond donors (Lipinski definition) is 2. The molecule has 2 atom stereocenters. The van der Waals surface area contributed by atoms with E-state index >= 15 is 0 Å². The lowest BCUT2D eigenvalue weighted by Crippen LogP contribution is -2.39. The monoisotopic (exact) mass is 298 g/mol. The SMILES string of the molecule is COC(=O)c1ccc(NC(C)C2CCCNC2)c(F)c1F. The summed E-state index contributed by atoms with van der Waals surface area (Å²) in [5.41, 5.74) is -0.328. The van der Waals surface area contributed by atoms with Crippen molar-refractivity contribution in [2.45, 2.75) is 25.8 Å². The fourth-order valence-electron chi connectivity index (χ4n) is 2.60. The van der Waals surface area contributed by atoms with Crippen LogP contribution in [0.4, 0.5) is 14.5 Å². The molecule has 2 rings (SSSR count). The van der Waals surface area contributed by atoms with Crippen molar-refractivity contribution >= 4 is 11.7 Å². The number of benzene rings is 1. The van der Waals surface area contributed by atoms with Crippen LogP contribution in [0.15, 0.2) is 12.1 Å². The van der Waals surface area contributed by atoms with E-state index in [2.05, 4.69) is 15.4 Å². The molecule has 1 aromatic rings. The number of carbonyl (C=O) groups excluding carboxylic acids is 1. The number of anilines is 1. The molecule has 2 N–H and O–H groups in total. The van der Waals surface area contributed by atoms with Crippen LogP contribution in [0.1, 0.15) is 30.1 Å². The van der Waals surface area contributed by atoms with E-state index in [1.807, 2.05) is 6.92 Å². The molecule has 0 spiro atoms. The first kappa shape index (κ1) is 15.7. The van der Waals surface area contributed by atoms with E-state index < -0.39 is 23.2 Å². The predicted molar refractivity (Wildman–Crippen MR) is 76.4 cm³/mol. The van der Waals surface area contributed by atoms with Crippen LogP contribution in [0.25, 0.3) is 0 Å². The maximum atomic E-state index is 14.0. The lowest BCUT2D eigenvalue weighted by molar-refractivity contribution is 0.0594. The van der Waals surface area contributed by atoms with Crippen molar-refractivity contribution in [1.82, 2.24) is 5.32 Å². The minimum atomic E-state index is -1.18. The zero-order valence-corrected chi connectivity index (χ0v) is 12.2. The fourth-order valence-corrected chi connectivity index (χ4v) is 2.60. The highest BCUT2D eigenvalue weighted by Crippen LogP contribution is 2.24. The number of halogens is 2. The van der Waals surface area contributed by atoms with Crippen molar-refractivity contribution in [3.63, 3.8) is 0 Å². The average Bonchev–Trinajstić information content (AvgIpc) is 2.52. The van der Waals surface area contributed by atoms with Crippen LogP contribution in [0, 0.1) is 17.6 Å². The van der Waals surface area contributed by atoms with Gasteiger partial charge in [0.2, 0.25) is 0 Å². The molecule has 0 radical (unpaired) electrons. The summed E-state index contributed by atoms with van der Waals surface area (Å²) >= 11 is 0. The van der Waals surface area contributed by atoms with E-state index in [-0.39, 0.29) is 11.7 Å². The molecule has 1 saturated heterocycles. The Morgan fingerprint density at radius 3 is 2.81 bits per heavy atom. The molecule has 0 amide bonds. The van der Waals surface area contributed by atoms with Gasteiger partial charge in [-0.05, 0) is 50.9 Å². The molecule has 21 heavy (non-hydrogen) atoms. The Balaban J connectivity index is 2.13. The lowest BCUT2D eigenvalue weighted by Gasteiger charge is -2.29. The van der Waals surface area contributed by atoms with Gasteiger partial charge in [0.15, 0.2) is 11.6 Å². The maximum Gasteiger partial charge on any atom is 0.340 e. The van der Waals surface area contributed by atoms with E-state index in [4.69, 9.17) is 0 Å². The smallest absolute Gasteiger partial charge is 0.340 e. The highest BCUT2D eigenvalue weighted by molar-refractivity contribution is 5.90. The first-order valence-electron chi connectivity index (χ1n) is 7.08. The zero-order chi connectivity index (χ0) is 15.4. The van der Waals surface area contributed by atoms with E-state index in [9.17, 15) is 13.6 Å². The Bertz CT molecular complexity index is 517. The van der Waals surface area contributed by atoms with Gasteiger partial charge in [-0.3, -0.25) is 0 Å². The summed E-state index contributed by atoms with van der Waals surface area (Å²) in [6.45, 7) is 3.81. The third-order valence-electron chi connectivity index (χ3n) is 3.91. The van der Waals surface area contributed by atoms with E-state index in [0.717, 1.165) is 33.0 Å². The largest absolute Gasteiger partial charge is 0.465 e. The van der Waals surface area contributed by atoms with Gasteiger partial charge in [0, 0.05) is 6.04 Å². The summed E-state index contributed by atoms with van der Waals surface area (Å²) in [7, 11) is 1.13. The summed E-state index contributed by atoms with van der Waals surface area (Å²) in [6.07, 6.45) is 2.13. The summed E-state index contributed by atoms with van der Waals surface area (Å²) in [6, 6.07) is 2.62. The number of rotatable bonds is 4. The normalized spacial score (nSPS) is 19.9. The molecule has 116 valence electrons. The Labute approximate surface area is 122 Å². The summed E-state index contributed by atoms with van der Waals surface area (Å²) in [5.74, 6) is -2.75. The van der Waals surface area contributed by atoms with Gasteiger partial charge in [0.1, 0.15) is 0 Å². The van der Waals surface area contributed by atoms with Crippen LogP contribution < -0.4 is 10.6 Å². The number of ether oxygens (including phenoxy) is 1.